The highest BCUT2D eigenvalue weighted by Crippen LogP contribution is 2.13. The Morgan fingerprint density at radius 2 is 2.00 bits per heavy atom. The molecule has 0 saturated heterocycles. The van der Waals surface area contributed by atoms with Gasteiger partial charge in [-0.15, -0.1) is 0 Å². The van der Waals surface area contributed by atoms with Gasteiger partial charge in [0.2, 0.25) is 0 Å². The van der Waals surface area contributed by atoms with Crippen molar-refractivity contribution in [3.63, 3.8) is 0 Å². The second-order valence-electron chi connectivity index (χ2n) is 2.81. The molecule has 0 bridgehead atoms. The van der Waals surface area contributed by atoms with Gasteiger partial charge in [-0.3, -0.25) is 0 Å². The number of hydrogen-bond donors (Lipinski definition) is 2. The number of aliphatic hydroxyl groups excluding tert-OH is 2. The summed E-state index contributed by atoms with van der Waals surface area (Å²) < 4.78 is 4.51. The molecule has 0 spiro atoms. The molecule has 0 radical (unpaired) electrons. The Labute approximate surface area is 81.8 Å². The van der Waals surface area contributed by atoms with Gasteiger partial charge in [0.1, 0.15) is 6.10 Å². The van der Waals surface area contributed by atoms with Crippen molar-refractivity contribution in [3.05, 3.63) is 35.4 Å². The molecule has 4 heteroatoms. The topological polar surface area (TPSA) is 66.8 Å². The maximum atomic E-state index is 11.0. The third kappa shape index (κ3) is 2.31. The van der Waals surface area contributed by atoms with Crippen molar-refractivity contribution in [2.75, 3.05) is 13.7 Å². The quantitative estimate of drug-likeness (QED) is 0.691. The molecule has 0 aliphatic heterocycles. The van der Waals surface area contributed by atoms with Gasteiger partial charge in [-0.05, 0) is 17.7 Å². The van der Waals surface area contributed by atoms with E-state index >= 15 is 0 Å². The maximum Gasteiger partial charge on any atom is 0.337 e. The van der Waals surface area contributed by atoms with Crippen LogP contribution in [0.5, 0.6) is 0 Å². The van der Waals surface area contributed by atoms with Crippen LogP contribution in [0.3, 0.4) is 0 Å². The summed E-state index contributed by atoms with van der Waals surface area (Å²) in [6.07, 6.45) is -0.901. The van der Waals surface area contributed by atoms with Crippen LogP contribution in [-0.4, -0.2) is 29.9 Å². The molecule has 0 aliphatic carbocycles. The Morgan fingerprint density at radius 1 is 1.43 bits per heavy atom. The van der Waals surface area contributed by atoms with E-state index in [9.17, 15) is 9.90 Å². The minimum absolute atomic E-state index is 0.336. The Morgan fingerprint density at radius 3 is 2.43 bits per heavy atom. The highest BCUT2D eigenvalue weighted by Gasteiger charge is 2.08. The smallest absolute Gasteiger partial charge is 0.337 e. The molecule has 76 valence electrons. The molecule has 0 aromatic heterocycles. The van der Waals surface area contributed by atoms with E-state index in [1.807, 2.05) is 0 Å². The fraction of sp³-hybridized carbons (Fsp3) is 0.300. The number of carbonyl (C=O) groups excluding carboxylic acids is 1. The number of carbonyl (C=O) groups is 1. The predicted octanol–water partition coefficient (Wildman–Crippen LogP) is 0.499. The van der Waals surface area contributed by atoms with Gasteiger partial charge in [-0.25, -0.2) is 4.79 Å². The first kappa shape index (κ1) is 10.7. The summed E-state index contributed by atoms with van der Waals surface area (Å²) >= 11 is 0. The normalized spacial score (nSPS) is 12.2. The van der Waals surface area contributed by atoms with Gasteiger partial charge in [0.25, 0.3) is 0 Å². The summed E-state index contributed by atoms with van der Waals surface area (Å²) in [4.78, 5) is 11.0. The van der Waals surface area contributed by atoms with Crippen molar-refractivity contribution in [2.24, 2.45) is 0 Å². The molecule has 1 aromatic rings. The molecule has 4 nitrogen and oxygen atoms in total. The van der Waals surface area contributed by atoms with Crippen molar-refractivity contribution in [3.8, 4) is 0 Å². The summed E-state index contributed by atoms with van der Waals surface area (Å²) in [7, 11) is 1.30. The molecule has 0 fully saturated rings. The Kier molecular flexibility index (Phi) is 3.62. The number of ether oxygens (including phenoxy) is 1. The first-order chi connectivity index (χ1) is 6.69. The van der Waals surface area contributed by atoms with Gasteiger partial charge in [-0.1, -0.05) is 12.1 Å². The number of rotatable bonds is 3. The minimum atomic E-state index is -0.901. The first-order valence-electron chi connectivity index (χ1n) is 4.16. The van der Waals surface area contributed by atoms with E-state index in [4.69, 9.17) is 5.11 Å². The molecule has 1 rings (SSSR count). The molecule has 2 N–H and O–H groups in total. The van der Waals surface area contributed by atoms with Crippen LogP contribution in [-0.2, 0) is 4.74 Å². The molecule has 14 heavy (non-hydrogen) atoms. The average Bonchev–Trinajstić information content (AvgIpc) is 2.27. The van der Waals surface area contributed by atoms with E-state index < -0.39 is 12.1 Å². The van der Waals surface area contributed by atoms with Gasteiger partial charge in [-0.2, -0.15) is 0 Å². The predicted molar refractivity (Wildman–Crippen MR) is 49.8 cm³/mol. The molecule has 0 saturated carbocycles. The number of hydrogen-bond acceptors (Lipinski definition) is 4. The highest BCUT2D eigenvalue weighted by molar-refractivity contribution is 5.89. The highest BCUT2D eigenvalue weighted by atomic mass is 16.5. The van der Waals surface area contributed by atoms with Crippen LogP contribution in [0.2, 0.25) is 0 Å². The van der Waals surface area contributed by atoms with Crippen LogP contribution in [0, 0.1) is 0 Å². The average molecular weight is 196 g/mol. The third-order valence-electron chi connectivity index (χ3n) is 1.89. The summed E-state index contributed by atoms with van der Waals surface area (Å²) in [5.74, 6) is -0.421. The minimum Gasteiger partial charge on any atom is -0.465 e. The Hall–Kier alpha value is -1.39. The SMILES string of the molecule is COC(=O)c1ccc(C(O)CO)cc1. The lowest BCUT2D eigenvalue weighted by Gasteiger charge is -2.07. The van der Waals surface area contributed by atoms with Crippen LogP contribution in [0.4, 0.5) is 0 Å². The van der Waals surface area contributed by atoms with Crippen LogP contribution in [0.1, 0.15) is 22.0 Å². The van der Waals surface area contributed by atoms with E-state index in [2.05, 4.69) is 4.74 Å². The fourth-order valence-corrected chi connectivity index (χ4v) is 1.06. The van der Waals surface area contributed by atoms with Crippen LogP contribution < -0.4 is 0 Å². The van der Waals surface area contributed by atoms with Crippen molar-refractivity contribution in [2.45, 2.75) is 6.10 Å². The van der Waals surface area contributed by atoms with Crippen molar-refractivity contribution >= 4 is 5.97 Å². The zero-order valence-electron chi connectivity index (χ0n) is 7.80. The number of methoxy groups -OCH3 is 1. The van der Waals surface area contributed by atoms with E-state index in [1.54, 1.807) is 24.3 Å². The summed E-state index contributed by atoms with van der Waals surface area (Å²) in [5, 5.41) is 17.9. The molecular weight excluding hydrogens is 184 g/mol. The largest absolute Gasteiger partial charge is 0.465 e. The lowest BCUT2D eigenvalue weighted by atomic mass is 10.1. The second-order valence-corrected chi connectivity index (χ2v) is 2.81. The third-order valence-corrected chi connectivity index (χ3v) is 1.89. The summed E-state index contributed by atoms with van der Waals surface area (Å²) in [5.41, 5.74) is 0.988. The van der Waals surface area contributed by atoms with E-state index in [0.29, 0.717) is 11.1 Å². The lowest BCUT2D eigenvalue weighted by molar-refractivity contribution is 0.0600. The Bertz CT molecular complexity index is 304. The molecular formula is C10H12O4. The van der Waals surface area contributed by atoms with Gasteiger partial charge in [0.05, 0.1) is 19.3 Å². The van der Waals surface area contributed by atoms with Crippen molar-refractivity contribution in [1.29, 1.82) is 0 Å². The van der Waals surface area contributed by atoms with Gasteiger partial charge in [0, 0.05) is 0 Å². The molecule has 0 heterocycles. The van der Waals surface area contributed by atoms with E-state index in [0.717, 1.165) is 0 Å². The van der Waals surface area contributed by atoms with Crippen LogP contribution in [0.15, 0.2) is 24.3 Å². The molecule has 1 atom stereocenters. The number of esters is 1. The van der Waals surface area contributed by atoms with Gasteiger partial charge < -0.3 is 14.9 Å². The molecule has 0 amide bonds. The first-order valence-corrected chi connectivity index (χ1v) is 4.16. The summed E-state index contributed by atoms with van der Waals surface area (Å²) in [6, 6.07) is 6.24. The zero-order chi connectivity index (χ0) is 10.6. The van der Waals surface area contributed by atoms with Crippen LogP contribution in [0.25, 0.3) is 0 Å². The second kappa shape index (κ2) is 4.74. The number of benzene rings is 1. The zero-order valence-corrected chi connectivity index (χ0v) is 7.80. The summed E-state index contributed by atoms with van der Waals surface area (Å²) in [6.45, 7) is -0.336. The standard InChI is InChI=1S/C10H12O4/c1-14-10(13)8-4-2-7(3-5-8)9(12)6-11/h2-5,9,11-12H,6H2,1H3. The monoisotopic (exact) mass is 196 g/mol. The molecule has 1 aromatic carbocycles. The Balaban J connectivity index is 2.83. The van der Waals surface area contributed by atoms with E-state index in [-0.39, 0.29) is 6.61 Å². The lowest BCUT2D eigenvalue weighted by Crippen LogP contribution is -2.04. The molecule has 0 aliphatic rings. The van der Waals surface area contributed by atoms with Gasteiger partial charge in [0.15, 0.2) is 0 Å². The molecule has 1 unspecified atom stereocenters. The number of aliphatic hydroxyl groups is 2. The van der Waals surface area contributed by atoms with Crippen LogP contribution >= 0.6 is 0 Å². The van der Waals surface area contributed by atoms with Crippen molar-refractivity contribution < 1.29 is 19.7 Å². The fourth-order valence-electron chi connectivity index (χ4n) is 1.06. The van der Waals surface area contributed by atoms with Crippen molar-refractivity contribution in [1.82, 2.24) is 0 Å². The van der Waals surface area contributed by atoms with E-state index in [1.165, 1.54) is 7.11 Å². The maximum absolute atomic E-state index is 11.0. The van der Waals surface area contributed by atoms with Gasteiger partial charge >= 0.3 is 5.97 Å².